The Kier molecular flexibility index (Phi) is 8.29. The Balaban J connectivity index is 1.59. The Hall–Kier alpha value is -3.24. The van der Waals surface area contributed by atoms with Gasteiger partial charge >= 0.3 is 6.03 Å². The number of amides is 3. The van der Waals surface area contributed by atoms with Crippen LogP contribution in [0.2, 0.25) is 10.0 Å². The zero-order valence-corrected chi connectivity index (χ0v) is 22.5. The molecule has 1 aliphatic carbocycles. The lowest BCUT2D eigenvalue weighted by molar-refractivity contribution is -0.116. The van der Waals surface area contributed by atoms with Crippen LogP contribution in [0.5, 0.6) is 11.5 Å². The summed E-state index contributed by atoms with van der Waals surface area (Å²) < 4.78 is 10.7. The number of nitrogens with one attached hydrogen (secondary N) is 2. The number of ether oxygens (including phenoxy) is 2. The van der Waals surface area contributed by atoms with Gasteiger partial charge in [-0.15, -0.1) is 0 Å². The Morgan fingerprint density at radius 1 is 1.22 bits per heavy atom. The first-order valence-electron chi connectivity index (χ1n) is 12.0. The van der Waals surface area contributed by atoms with Crippen LogP contribution in [0.25, 0.3) is 0 Å². The summed E-state index contributed by atoms with van der Waals surface area (Å²) in [5.74, 6) is 1.64. The first-order chi connectivity index (χ1) is 17.8. The average molecular weight is 549 g/mol. The van der Waals surface area contributed by atoms with Crippen molar-refractivity contribution in [3.63, 3.8) is 0 Å². The van der Waals surface area contributed by atoms with Crippen molar-refractivity contribution in [1.82, 2.24) is 15.3 Å². The molecule has 2 N–H and O–H groups in total. The molecule has 12 heteroatoms. The minimum atomic E-state index is -0.362. The fourth-order valence-corrected chi connectivity index (χ4v) is 5.48. The SMILES string of the molecule is C=CC(=O)NC[C@H]1CCCCC1Nc1ncc2c(n1)N(C)C(=O)N(c1c(Cl)c(OC)cc(OC)c1Cl)C2. The molecule has 2 aliphatic rings. The summed E-state index contributed by atoms with van der Waals surface area (Å²) in [6, 6.07) is 1.31. The second-order valence-corrected chi connectivity index (χ2v) is 9.73. The number of methoxy groups -OCH3 is 2. The zero-order valence-electron chi connectivity index (χ0n) is 21.0. The number of aromatic nitrogens is 2. The predicted molar refractivity (Wildman–Crippen MR) is 144 cm³/mol. The lowest BCUT2D eigenvalue weighted by atomic mass is 9.84. The number of hydrogen-bond acceptors (Lipinski definition) is 7. The number of carbonyl (C=O) groups is 2. The van der Waals surface area contributed by atoms with Gasteiger partial charge < -0.3 is 20.1 Å². The van der Waals surface area contributed by atoms with Crippen LogP contribution in [0.1, 0.15) is 31.2 Å². The molecule has 0 radical (unpaired) electrons. The van der Waals surface area contributed by atoms with Crippen LogP contribution in [-0.4, -0.2) is 55.8 Å². The van der Waals surface area contributed by atoms with Gasteiger partial charge in [0.1, 0.15) is 27.4 Å². The molecule has 2 atom stereocenters. The first-order valence-corrected chi connectivity index (χ1v) is 12.7. The fraction of sp³-hybridized carbons (Fsp3) is 0.440. The maximum absolute atomic E-state index is 13.4. The number of nitrogens with zero attached hydrogens (tertiary/aromatic N) is 4. The van der Waals surface area contributed by atoms with Gasteiger partial charge in [-0.05, 0) is 24.8 Å². The van der Waals surface area contributed by atoms with E-state index in [0.717, 1.165) is 31.2 Å². The van der Waals surface area contributed by atoms with Gasteiger partial charge in [-0.2, -0.15) is 4.98 Å². The molecule has 0 spiro atoms. The van der Waals surface area contributed by atoms with Crippen LogP contribution in [0.15, 0.2) is 24.9 Å². The van der Waals surface area contributed by atoms with Gasteiger partial charge in [0, 0.05) is 37.5 Å². The summed E-state index contributed by atoms with van der Waals surface area (Å²) in [6.07, 6.45) is 7.07. The van der Waals surface area contributed by atoms with Gasteiger partial charge in [-0.25, -0.2) is 9.78 Å². The van der Waals surface area contributed by atoms with Gasteiger partial charge in [0.15, 0.2) is 0 Å². The van der Waals surface area contributed by atoms with Gasteiger partial charge in [-0.1, -0.05) is 42.6 Å². The lowest BCUT2D eigenvalue weighted by Gasteiger charge is -2.36. The third-order valence-electron chi connectivity index (χ3n) is 6.77. The summed E-state index contributed by atoms with van der Waals surface area (Å²) in [7, 11) is 4.59. The second kappa shape index (κ2) is 11.4. The van der Waals surface area contributed by atoms with Crippen molar-refractivity contribution in [1.29, 1.82) is 0 Å². The molecule has 10 nitrogen and oxygen atoms in total. The first kappa shape index (κ1) is 26.8. The topological polar surface area (TPSA) is 109 Å². The Morgan fingerprint density at radius 3 is 2.54 bits per heavy atom. The van der Waals surface area contributed by atoms with E-state index in [1.54, 1.807) is 19.3 Å². The van der Waals surface area contributed by atoms with Gasteiger partial charge in [0.05, 0.1) is 26.5 Å². The molecule has 198 valence electrons. The van der Waals surface area contributed by atoms with E-state index in [4.69, 9.17) is 32.7 Å². The fourth-order valence-electron chi connectivity index (χ4n) is 4.77. The summed E-state index contributed by atoms with van der Waals surface area (Å²) in [5, 5.41) is 6.71. The third-order valence-corrected chi connectivity index (χ3v) is 7.50. The van der Waals surface area contributed by atoms with Crippen molar-refractivity contribution in [3.05, 3.63) is 40.5 Å². The Labute approximate surface area is 225 Å². The molecule has 3 amide bonds. The number of anilines is 3. The van der Waals surface area contributed by atoms with Crippen LogP contribution in [0, 0.1) is 5.92 Å². The highest BCUT2D eigenvalue weighted by molar-refractivity contribution is 6.42. The number of carbonyl (C=O) groups excluding carboxylic acids is 2. The summed E-state index contributed by atoms with van der Waals surface area (Å²) >= 11 is 13.1. The van der Waals surface area contributed by atoms with Crippen molar-refractivity contribution in [2.75, 3.05) is 42.9 Å². The van der Waals surface area contributed by atoms with E-state index >= 15 is 0 Å². The van der Waals surface area contributed by atoms with Crippen molar-refractivity contribution < 1.29 is 19.1 Å². The Bertz CT molecular complexity index is 1180. The molecular weight excluding hydrogens is 519 g/mol. The van der Waals surface area contributed by atoms with Crippen molar-refractivity contribution in [3.8, 4) is 11.5 Å². The largest absolute Gasteiger partial charge is 0.495 e. The van der Waals surface area contributed by atoms with E-state index in [-0.39, 0.29) is 46.2 Å². The van der Waals surface area contributed by atoms with E-state index in [1.165, 1.54) is 30.1 Å². The molecule has 1 aromatic carbocycles. The molecule has 1 aliphatic heterocycles. The van der Waals surface area contributed by atoms with Gasteiger partial charge in [0.2, 0.25) is 11.9 Å². The quantitative estimate of drug-likeness (QED) is 0.462. The summed E-state index contributed by atoms with van der Waals surface area (Å²) in [5.41, 5.74) is 1.01. The zero-order chi connectivity index (χ0) is 26.7. The van der Waals surface area contributed by atoms with Crippen LogP contribution >= 0.6 is 23.2 Å². The molecule has 1 saturated carbocycles. The number of hydrogen-bond donors (Lipinski definition) is 2. The van der Waals surface area contributed by atoms with Crippen LogP contribution in [0.3, 0.4) is 0 Å². The molecule has 0 saturated heterocycles. The van der Waals surface area contributed by atoms with E-state index in [0.29, 0.717) is 29.8 Å². The highest BCUT2D eigenvalue weighted by Gasteiger charge is 2.35. The molecule has 37 heavy (non-hydrogen) atoms. The van der Waals surface area contributed by atoms with Crippen molar-refractivity contribution in [2.45, 2.75) is 38.3 Å². The smallest absolute Gasteiger partial charge is 0.330 e. The van der Waals surface area contributed by atoms with Crippen molar-refractivity contribution >= 4 is 52.6 Å². The maximum Gasteiger partial charge on any atom is 0.330 e. The predicted octanol–water partition coefficient (Wildman–Crippen LogP) is 4.65. The average Bonchev–Trinajstić information content (AvgIpc) is 2.91. The highest BCUT2D eigenvalue weighted by Crippen LogP contribution is 2.47. The minimum Gasteiger partial charge on any atom is -0.495 e. The lowest BCUT2D eigenvalue weighted by Crippen LogP contribution is -2.46. The van der Waals surface area contributed by atoms with Gasteiger partial charge in [0.25, 0.3) is 0 Å². The van der Waals surface area contributed by atoms with Gasteiger partial charge in [-0.3, -0.25) is 14.6 Å². The second-order valence-electron chi connectivity index (χ2n) is 8.97. The van der Waals surface area contributed by atoms with Crippen LogP contribution in [0.4, 0.5) is 22.2 Å². The molecular formula is C25H30Cl2N6O4. The van der Waals surface area contributed by atoms with E-state index in [1.807, 2.05) is 0 Å². The number of fused-ring (bicyclic) bond motifs is 1. The summed E-state index contributed by atoms with van der Waals surface area (Å²) in [6.45, 7) is 4.22. The Morgan fingerprint density at radius 2 is 1.89 bits per heavy atom. The highest BCUT2D eigenvalue weighted by atomic mass is 35.5. The molecule has 1 unspecified atom stereocenters. The normalized spacial score (nSPS) is 19.2. The monoisotopic (exact) mass is 548 g/mol. The van der Waals surface area contributed by atoms with Crippen molar-refractivity contribution in [2.24, 2.45) is 5.92 Å². The molecule has 2 aromatic rings. The van der Waals surface area contributed by atoms with E-state index < -0.39 is 0 Å². The maximum atomic E-state index is 13.4. The number of benzene rings is 1. The van der Waals surface area contributed by atoms with Crippen LogP contribution in [-0.2, 0) is 11.3 Å². The standard InChI is InChI=1S/C25H30Cl2N6O4/c1-5-19(34)28-11-14-8-6-7-9-16(14)30-24-29-12-15-13-33(25(35)32(2)23(15)31-24)22-20(26)17(36-3)10-18(37-4)21(22)27/h5,10,12,14,16H,1,6-9,11,13H2,2-4H3,(H,28,34)(H,29,30,31)/t14-,16?/m1/s1. The molecule has 1 aromatic heterocycles. The molecule has 1 fully saturated rings. The minimum absolute atomic E-state index is 0.0971. The summed E-state index contributed by atoms with van der Waals surface area (Å²) in [4.78, 5) is 37.2. The van der Waals surface area contributed by atoms with E-state index in [2.05, 4.69) is 27.2 Å². The number of rotatable bonds is 8. The third kappa shape index (κ3) is 5.40. The molecule has 0 bridgehead atoms. The number of halogens is 2. The number of urea groups is 1. The molecule has 4 rings (SSSR count). The molecule has 2 heterocycles. The van der Waals surface area contributed by atoms with E-state index in [9.17, 15) is 9.59 Å². The van der Waals surface area contributed by atoms with Crippen LogP contribution < -0.4 is 29.9 Å².